The molecule has 0 atom stereocenters. The van der Waals surface area contributed by atoms with Crippen molar-refractivity contribution in [3.05, 3.63) is 0 Å². The highest BCUT2D eigenvalue weighted by Crippen LogP contribution is 2.12. The summed E-state index contributed by atoms with van der Waals surface area (Å²) in [5.41, 5.74) is 0. The molecule has 232 valence electrons. The number of carbonyl (C=O) groups is 2. The lowest BCUT2D eigenvalue weighted by Crippen LogP contribution is -2.47. The Balaban J connectivity index is 2.02. The van der Waals surface area contributed by atoms with Crippen LogP contribution in [0.4, 0.5) is 0 Å². The summed E-state index contributed by atoms with van der Waals surface area (Å²) >= 11 is 0. The Morgan fingerprint density at radius 2 is 0.977 bits per heavy atom. The second kappa shape index (κ2) is 28.9. The predicted octanol–water partition coefficient (Wildman–Crippen LogP) is 4.78. The molecule has 0 radical (unpaired) electrons. The van der Waals surface area contributed by atoms with E-state index in [-0.39, 0.29) is 12.4 Å². The van der Waals surface area contributed by atoms with Crippen LogP contribution in [0, 0.1) is 83.6 Å². The van der Waals surface area contributed by atoms with Crippen molar-refractivity contribution in [1.29, 1.82) is 0 Å². The van der Waals surface area contributed by atoms with Gasteiger partial charge in [0.25, 0.3) is 0 Å². The summed E-state index contributed by atoms with van der Waals surface area (Å²) in [4.78, 5) is 28.5. The third-order valence-corrected chi connectivity index (χ3v) is 6.90. The third-order valence-electron chi connectivity index (χ3n) is 6.90. The molecule has 1 fully saturated rings. The van der Waals surface area contributed by atoms with E-state index in [9.17, 15) is 9.59 Å². The van der Waals surface area contributed by atoms with Gasteiger partial charge in [-0.15, -0.1) is 6.42 Å². The van der Waals surface area contributed by atoms with Crippen LogP contribution in [0.5, 0.6) is 0 Å². The number of terminal acetylenes is 1. The van der Waals surface area contributed by atoms with Gasteiger partial charge in [-0.25, -0.2) is 0 Å². The molecule has 1 aliphatic rings. The van der Waals surface area contributed by atoms with Crippen molar-refractivity contribution >= 4 is 11.9 Å². The van der Waals surface area contributed by atoms with Crippen molar-refractivity contribution < 1.29 is 19.1 Å². The van der Waals surface area contributed by atoms with Gasteiger partial charge >= 0.3 is 11.9 Å². The zero-order valence-corrected chi connectivity index (χ0v) is 26.5. The zero-order valence-electron chi connectivity index (χ0n) is 26.5. The van der Waals surface area contributed by atoms with E-state index in [0.29, 0.717) is 26.1 Å². The summed E-state index contributed by atoms with van der Waals surface area (Å²) in [6.45, 7) is 7.48. The highest BCUT2D eigenvalue weighted by Gasteiger charge is 2.18. The second-order valence-corrected chi connectivity index (χ2v) is 10.4. The van der Waals surface area contributed by atoms with Crippen LogP contribution in [0.25, 0.3) is 0 Å². The molecule has 0 aromatic rings. The van der Waals surface area contributed by atoms with Crippen molar-refractivity contribution in [2.45, 2.75) is 96.8 Å². The molecule has 0 spiro atoms. The van der Waals surface area contributed by atoms with E-state index in [1.807, 2.05) is 0 Å². The lowest BCUT2D eigenvalue weighted by atomic mass is 10.1. The van der Waals surface area contributed by atoms with Crippen LogP contribution in [0.1, 0.15) is 96.8 Å². The van der Waals surface area contributed by atoms with Gasteiger partial charge in [0.2, 0.25) is 0 Å². The van der Waals surface area contributed by atoms with Crippen LogP contribution in [-0.4, -0.2) is 67.6 Å². The van der Waals surface area contributed by atoms with Gasteiger partial charge in [0, 0.05) is 74.8 Å². The standard InChI is InChI=1S/C38H46N2O4/c1-3-5-7-9-11-13-15-17-19-21-23-25-35-43-37(41)27-29-39-31-33-40(34-32-39)30-28-38(42)44-36-26-24-22-20-18-16-14-12-10-8-6-4-2/h1H,4,6,8,10,12,14,16,18,20,22,24,26-34,36H2,2H3. The van der Waals surface area contributed by atoms with Crippen LogP contribution in [0.3, 0.4) is 0 Å². The third kappa shape index (κ3) is 24.4. The van der Waals surface area contributed by atoms with E-state index in [2.05, 4.69) is 93.9 Å². The van der Waals surface area contributed by atoms with E-state index in [4.69, 9.17) is 15.9 Å². The molecule has 1 rings (SSSR count). The molecule has 1 saturated heterocycles. The molecule has 0 saturated carbocycles. The van der Waals surface area contributed by atoms with E-state index in [0.717, 1.165) is 39.0 Å². The summed E-state index contributed by atoms with van der Waals surface area (Å²) in [6.07, 6.45) is 23.4. The maximum absolute atomic E-state index is 12.1. The highest BCUT2D eigenvalue weighted by atomic mass is 16.5. The van der Waals surface area contributed by atoms with Gasteiger partial charge < -0.3 is 19.3 Å². The van der Waals surface area contributed by atoms with Crippen molar-refractivity contribution in [3.63, 3.8) is 0 Å². The van der Waals surface area contributed by atoms with E-state index in [1.54, 1.807) is 0 Å². The summed E-state index contributed by atoms with van der Waals surface area (Å²) in [5, 5.41) is 0. The topological polar surface area (TPSA) is 59.1 Å². The van der Waals surface area contributed by atoms with Gasteiger partial charge in [-0.3, -0.25) is 9.59 Å². The van der Waals surface area contributed by atoms with Crippen LogP contribution >= 0.6 is 0 Å². The SMILES string of the molecule is C#CC#CC#CC#CC#CC#CC#COC(=O)CCN1CCN(CCC(=O)OCCCCCCCCCCCCCC)CC1. The molecule has 6 heteroatoms. The average molecular weight is 595 g/mol. The molecule has 0 amide bonds. The van der Waals surface area contributed by atoms with Crippen LogP contribution in [0.2, 0.25) is 0 Å². The van der Waals surface area contributed by atoms with Crippen molar-refractivity contribution in [2.24, 2.45) is 0 Å². The Morgan fingerprint density at radius 1 is 0.568 bits per heavy atom. The monoisotopic (exact) mass is 594 g/mol. The predicted molar refractivity (Wildman–Crippen MR) is 176 cm³/mol. The quantitative estimate of drug-likeness (QED) is 0.122. The number of ether oxygens (including phenoxy) is 2. The van der Waals surface area contributed by atoms with Gasteiger partial charge in [-0.1, -0.05) is 77.6 Å². The van der Waals surface area contributed by atoms with Crippen LogP contribution < -0.4 is 0 Å². The molecule has 6 nitrogen and oxygen atoms in total. The van der Waals surface area contributed by atoms with Crippen molar-refractivity contribution in [2.75, 3.05) is 45.9 Å². The first-order valence-corrected chi connectivity index (χ1v) is 15.9. The molecule has 1 aliphatic heterocycles. The molecule has 0 aromatic heterocycles. The van der Waals surface area contributed by atoms with Gasteiger partial charge in [0.05, 0.1) is 19.4 Å². The molecule has 0 aliphatic carbocycles. The largest absolute Gasteiger partial charge is 0.466 e. The molecule has 0 N–H and O–H groups in total. The minimum atomic E-state index is -0.402. The lowest BCUT2D eigenvalue weighted by Gasteiger charge is -2.34. The zero-order chi connectivity index (χ0) is 31.8. The summed E-state index contributed by atoms with van der Waals surface area (Å²) in [6, 6.07) is 0. The molecule has 44 heavy (non-hydrogen) atoms. The Labute approximate surface area is 266 Å². The van der Waals surface area contributed by atoms with Crippen LogP contribution in [0.15, 0.2) is 0 Å². The molecular formula is C38H46N2O4. The fraction of sp³-hybridized carbons (Fsp3) is 0.579. The van der Waals surface area contributed by atoms with Crippen molar-refractivity contribution in [1.82, 2.24) is 9.80 Å². The smallest absolute Gasteiger partial charge is 0.321 e. The number of hydrogen-bond donors (Lipinski definition) is 0. The minimum absolute atomic E-state index is 0.113. The molecule has 0 aromatic carbocycles. The first-order chi connectivity index (χ1) is 21.7. The lowest BCUT2D eigenvalue weighted by molar-refractivity contribution is -0.144. The number of hydrogen-bond acceptors (Lipinski definition) is 6. The highest BCUT2D eigenvalue weighted by molar-refractivity contribution is 5.71. The van der Waals surface area contributed by atoms with Crippen molar-refractivity contribution in [3.8, 4) is 83.6 Å². The second-order valence-electron chi connectivity index (χ2n) is 10.4. The Hall–Kier alpha value is -4.22. The number of rotatable bonds is 19. The van der Waals surface area contributed by atoms with E-state index < -0.39 is 5.97 Å². The number of unbranched alkanes of at least 4 members (excludes halogenated alkanes) is 11. The minimum Gasteiger partial charge on any atom is -0.466 e. The summed E-state index contributed by atoms with van der Waals surface area (Å²) < 4.78 is 10.3. The number of nitrogens with zero attached hydrogens (tertiary/aromatic N) is 2. The fourth-order valence-electron chi connectivity index (χ4n) is 4.41. The van der Waals surface area contributed by atoms with Gasteiger partial charge in [0.1, 0.15) is 6.11 Å². The molecule has 0 unspecified atom stereocenters. The van der Waals surface area contributed by atoms with E-state index in [1.165, 1.54) is 64.2 Å². The number of carbonyl (C=O) groups excluding carboxylic acids is 2. The number of esters is 2. The maximum atomic E-state index is 12.1. The normalized spacial score (nSPS) is 11.8. The van der Waals surface area contributed by atoms with Gasteiger partial charge in [0.15, 0.2) is 0 Å². The molecule has 0 bridgehead atoms. The number of piperazine rings is 1. The molecular weight excluding hydrogens is 548 g/mol. The Morgan fingerprint density at radius 3 is 1.45 bits per heavy atom. The average Bonchev–Trinajstić information content (AvgIpc) is 3.04. The summed E-state index contributed by atoms with van der Waals surface area (Å²) in [5.74, 6) is 28.6. The Bertz CT molecular complexity index is 1260. The van der Waals surface area contributed by atoms with Gasteiger partial charge in [-0.2, -0.15) is 0 Å². The Kier molecular flexibility index (Phi) is 24.8. The maximum Gasteiger partial charge on any atom is 0.321 e. The molecule has 1 heterocycles. The first kappa shape index (κ1) is 37.8. The summed E-state index contributed by atoms with van der Waals surface area (Å²) in [7, 11) is 0. The van der Waals surface area contributed by atoms with E-state index >= 15 is 0 Å². The fourth-order valence-corrected chi connectivity index (χ4v) is 4.41. The first-order valence-electron chi connectivity index (χ1n) is 15.9. The van der Waals surface area contributed by atoms with Crippen LogP contribution in [-0.2, 0) is 19.1 Å². The van der Waals surface area contributed by atoms with Gasteiger partial charge in [-0.05, 0) is 41.9 Å².